The molecule has 0 bridgehead atoms. The maximum absolute atomic E-state index is 12.6. The molecule has 0 radical (unpaired) electrons. The topological polar surface area (TPSA) is 196 Å². The quantitative estimate of drug-likeness (QED) is 0.137. The molecule has 0 atom stereocenters. The maximum Gasteiger partial charge on any atom is 0.328 e. The Kier molecular flexibility index (Phi) is 13.1. The number of aromatic amines is 1. The number of amides is 1. The number of nitrogens with zero attached hydrogens (tertiary/aromatic N) is 6. The van der Waals surface area contributed by atoms with Crippen LogP contribution < -0.4 is 21.5 Å². The van der Waals surface area contributed by atoms with E-state index in [1.165, 1.54) is 23.8 Å². The van der Waals surface area contributed by atoms with E-state index >= 15 is 0 Å². The van der Waals surface area contributed by atoms with Crippen molar-refractivity contribution in [3.8, 4) is 6.01 Å². The molecule has 0 saturated carbocycles. The number of nitrogens with two attached hydrogens (primary N) is 1. The van der Waals surface area contributed by atoms with E-state index < -0.39 is 5.97 Å². The van der Waals surface area contributed by atoms with Crippen molar-refractivity contribution in [2.24, 2.45) is 0 Å². The van der Waals surface area contributed by atoms with Crippen LogP contribution in [-0.2, 0) is 22.7 Å². The smallest absolute Gasteiger partial charge is 0.328 e. The summed E-state index contributed by atoms with van der Waals surface area (Å²) in [7, 11) is 0. The van der Waals surface area contributed by atoms with Gasteiger partial charge in [0.15, 0.2) is 11.5 Å². The van der Waals surface area contributed by atoms with E-state index in [2.05, 4.69) is 37.5 Å². The molecule has 5 N–H and O–H groups in total. The number of ether oxygens (including phenoxy) is 1. The zero-order valence-corrected chi connectivity index (χ0v) is 23.9. The van der Waals surface area contributed by atoms with E-state index in [0.717, 1.165) is 57.9 Å². The summed E-state index contributed by atoms with van der Waals surface area (Å²) in [6.07, 6.45) is 13.6. The van der Waals surface area contributed by atoms with E-state index in [9.17, 15) is 14.4 Å². The van der Waals surface area contributed by atoms with Crippen molar-refractivity contribution in [1.82, 2.24) is 39.8 Å². The lowest BCUT2D eigenvalue weighted by molar-refractivity contribution is -0.138. The minimum Gasteiger partial charge on any atom is -0.481 e. The van der Waals surface area contributed by atoms with Gasteiger partial charge in [-0.2, -0.15) is 9.97 Å². The summed E-state index contributed by atoms with van der Waals surface area (Å²) in [6.45, 7) is 4.12. The Labute approximate surface area is 239 Å². The van der Waals surface area contributed by atoms with Gasteiger partial charge in [0.25, 0.3) is 0 Å². The molecule has 0 aromatic carbocycles. The molecule has 0 fully saturated rings. The van der Waals surface area contributed by atoms with Crippen LogP contribution in [0.15, 0.2) is 11.0 Å². The molecule has 14 heteroatoms. The van der Waals surface area contributed by atoms with E-state index in [1.807, 2.05) is 6.20 Å². The van der Waals surface area contributed by atoms with Crippen LogP contribution in [0.3, 0.4) is 0 Å². The first-order chi connectivity index (χ1) is 19.9. The fourth-order valence-electron chi connectivity index (χ4n) is 4.41. The number of fused-ring (bicyclic) bond motifs is 1. The monoisotopic (exact) mass is 573 g/mol. The van der Waals surface area contributed by atoms with Crippen LogP contribution in [0.4, 0.5) is 5.82 Å². The molecule has 226 valence electrons. The number of nitrogens with one attached hydrogen (secondary N) is 2. The largest absolute Gasteiger partial charge is 0.481 e. The molecule has 14 nitrogen and oxygen atoms in total. The molecule has 1 amide bonds. The highest BCUT2D eigenvalue weighted by atomic mass is 16.5. The zero-order chi connectivity index (χ0) is 29.5. The second-order valence-corrected chi connectivity index (χ2v) is 10.2. The average Bonchev–Trinajstić information content (AvgIpc) is 3.52. The summed E-state index contributed by atoms with van der Waals surface area (Å²) < 4.78 is 8.86. The van der Waals surface area contributed by atoms with Gasteiger partial charge in [0, 0.05) is 19.5 Å². The summed E-state index contributed by atoms with van der Waals surface area (Å²) in [5.41, 5.74) is 7.08. The molecule has 3 heterocycles. The molecule has 0 unspecified atom stereocenters. The second kappa shape index (κ2) is 17.0. The number of aryl methyl sites for hydroxylation is 1. The van der Waals surface area contributed by atoms with Gasteiger partial charge >= 0.3 is 17.7 Å². The van der Waals surface area contributed by atoms with Gasteiger partial charge in [0.2, 0.25) is 5.91 Å². The number of rotatable bonds is 21. The Balaban J connectivity index is 1.30. The lowest BCUT2D eigenvalue weighted by Crippen LogP contribution is -2.24. The number of carbonyl (C=O) groups is 2. The fourth-order valence-corrected chi connectivity index (χ4v) is 4.41. The lowest BCUT2D eigenvalue weighted by atomic mass is 10.1. The summed E-state index contributed by atoms with van der Waals surface area (Å²) in [6, 6.07) is 0.150. The Bertz CT molecular complexity index is 1300. The molecule has 0 aliphatic heterocycles. The molecule has 41 heavy (non-hydrogen) atoms. The number of imidazole rings is 1. The van der Waals surface area contributed by atoms with Gasteiger partial charge in [-0.3, -0.25) is 18.8 Å². The first kappa shape index (κ1) is 31.6. The minimum atomic E-state index is -0.949. The van der Waals surface area contributed by atoms with E-state index in [-0.39, 0.29) is 42.8 Å². The van der Waals surface area contributed by atoms with Crippen molar-refractivity contribution >= 4 is 28.9 Å². The minimum absolute atomic E-state index is 0.0433. The summed E-state index contributed by atoms with van der Waals surface area (Å²) in [5, 5.41) is 19.8. The van der Waals surface area contributed by atoms with Crippen LogP contribution in [0.2, 0.25) is 0 Å². The molecular formula is C27H43N9O5. The number of carboxylic acid groups (broad SMARTS) is 1. The van der Waals surface area contributed by atoms with Gasteiger partial charge in [-0.05, 0) is 19.3 Å². The van der Waals surface area contributed by atoms with Gasteiger partial charge in [0.1, 0.15) is 11.2 Å². The number of H-pyrrole nitrogens is 1. The number of anilines is 1. The molecule has 0 saturated heterocycles. The highest BCUT2D eigenvalue weighted by Crippen LogP contribution is 2.18. The lowest BCUT2D eigenvalue weighted by Gasteiger charge is -2.06. The third-order valence-electron chi connectivity index (χ3n) is 6.72. The van der Waals surface area contributed by atoms with Crippen LogP contribution in [0, 0.1) is 0 Å². The maximum atomic E-state index is 12.6. The van der Waals surface area contributed by atoms with Crippen LogP contribution in [0.1, 0.15) is 96.1 Å². The zero-order valence-electron chi connectivity index (χ0n) is 23.9. The van der Waals surface area contributed by atoms with Gasteiger partial charge in [-0.25, -0.2) is 4.79 Å². The van der Waals surface area contributed by atoms with Crippen molar-refractivity contribution < 1.29 is 19.4 Å². The van der Waals surface area contributed by atoms with Crippen molar-refractivity contribution in [3.63, 3.8) is 0 Å². The third-order valence-corrected chi connectivity index (χ3v) is 6.72. The van der Waals surface area contributed by atoms with Crippen LogP contribution >= 0.6 is 0 Å². The van der Waals surface area contributed by atoms with Gasteiger partial charge in [-0.1, -0.05) is 63.5 Å². The normalized spacial score (nSPS) is 11.2. The number of aliphatic carboxylic acids is 1. The van der Waals surface area contributed by atoms with Crippen molar-refractivity contribution in [2.45, 2.75) is 103 Å². The molecule has 3 aromatic rings. The predicted octanol–water partition coefficient (Wildman–Crippen LogP) is 3.01. The van der Waals surface area contributed by atoms with Gasteiger partial charge < -0.3 is 25.9 Å². The molecule has 3 aromatic heterocycles. The van der Waals surface area contributed by atoms with Crippen LogP contribution in [-0.4, -0.2) is 64.6 Å². The number of unbranched alkanes of at least 4 members (excludes halogenated alkanes) is 9. The fraction of sp³-hybridized carbons (Fsp3) is 0.667. The predicted molar refractivity (Wildman–Crippen MR) is 154 cm³/mol. The Morgan fingerprint density at radius 3 is 2.44 bits per heavy atom. The Hall–Kier alpha value is -3.97. The van der Waals surface area contributed by atoms with Crippen molar-refractivity contribution in [1.29, 1.82) is 0 Å². The van der Waals surface area contributed by atoms with E-state index in [4.69, 9.17) is 15.6 Å². The first-order valence-electron chi connectivity index (χ1n) is 14.6. The number of aromatic nitrogens is 7. The molecule has 0 aliphatic rings. The number of nitrogen functional groups attached to an aromatic ring is 1. The van der Waals surface area contributed by atoms with Crippen molar-refractivity contribution in [3.05, 3.63) is 22.4 Å². The van der Waals surface area contributed by atoms with Gasteiger partial charge in [-0.15, -0.1) is 5.10 Å². The number of carboxylic acids is 1. The first-order valence-corrected chi connectivity index (χ1v) is 14.6. The number of hydrogen-bond acceptors (Lipinski definition) is 9. The second-order valence-electron chi connectivity index (χ2n) is 10.2. The Morgan fingerprint density at radius 2 is 1.73 bits per heavy atom. The number of hydrogen-bond donors (Lipinski definition) is 4. The molecular weight excluding hydrogens is 530 g/mol. The van der Waals surface area contributed by atoms with Crippen LogP contribution in [0.5, 0.6) is 6.01 Å². The molecule has 0 aliphatic carbocycles. The Morgan fingerprint density at radius 1 is 1.02 bits per heavy atom. The summed E-state index contributed by atoms with van der Waals surface area (Å²) in [5.74, 6) is -0.977. The third kappa shape index (κ3) is 10.8. The SMILES string of the molecule is CCCCOc1nc(N)c2[nH]c(=O)n(Cc3cn(CCCCCCCCCCCNC(=O)CCC(=O)O)nn3)c2n1. The van der Waals surface area contributed by atoms with Crippen LogP contribution in [0.25, 0.3) is 11.2 Å². The van der Waals surface area contributed by atoms with Gasteiger partial charge in [0.05, 0.1) is 25.8 Å². The highest BCUT2D eigenvalue weighted by Gasteiger charge is 2.16. The number of carbonyl (C=O) groups excluding carboxylic acids is 1. The van der Waals surface area contributed by atoms with Crippen molar-refractivity contribution in [2.75, 3.05) is 18.9 Å². The van der Waals surface area contributed by atoms with E-state index in [0.29, 0.717) is 30.0 Å². The average molecular weight is 574 g/mol. The van der Waals surface area contributed by atoms with E-state index in [1.54, 1.807) is 4.68 Å². The summed E-state index contributed by atoms with van der Waals surface area (Å²) >= 11 is 0. The molecule has 0 spiro atoms. The molecule has 3 rings (SSSR count). The summed E-state index contributed by atoms with van der Waals surface area (Å²) in [4.78, 5) is 45.7. The standard InChI is InChI=1S/C27H43N9O5/c1-2-3-17-41-26-31-24(28)23-25(32-26)36(27(40)30-23)19-20-18-35(34-33-20)16-12-10-8-6-4-5-7-9-11-15-29-21(37)13-14-22(38)39/h18H,2-17,19H2,1H3,(H,29,37)(H,30,40)(H,38,39)(H2,28,31,32). The highest BCUT2D eigenvalue weighted by molar-refractivity contribution is 5.82.